The molecular weight excluding hydrogens is 272 g/mol. The van der Waals surface area contributed by atoms with Crippen LogP contribution in [0, 0.1) is 20.2 Å². The first-order valence-electron chi connectivity index (χ1n) is 4.98. The van der Waals surface area contributed by atoms with Gasteiger partial charge in [-0.3, -0.25) is 0 Å². The molecule has 0 spiro atoms. The molecule has 12 nitrogen and oxygen atoms in total. The van der Waals surface area contributed by atoms with Crippen molar-refractivity contribution in [1.29, 1.82) is 0 Å². The van der Waals surface area contributed by atoms with Crippen LogP contribution in [-0.2, 0) is 0 Å². The van der Waals surface area contributed by atoms with E-state index >= 15 is 0 Å². The minimum atomic E-state index is -0.971. The highest BCUT2D eigenvalue weighted by molar-refractivity contribution is 6.00. The number of hydrogen-bond acceptors (Lipinski definition) is 4. The first-order chi connectivity index (χ1) is 9.38. The van der Waals surface area contributed by atoms with Gasteiger partial charge in [-0.15, -0.1) is 0 Å². The highest BCUT2D eigenvalue weighted by atomic mass is 16.7. The van der Waals surface area contributed by atoms with E-state index in [1.54, 1.807) is 12.1 Å². The van der Waals surface area contributed by atoms with Crippen LogP contribution in [0.1, 0.15) is 0 Å². The van der Waals surface area contributed by atoms with Crippen molar-refractivity contribution in [2.75, 3.05) is 10.6 Å². The average Bonchev–Trinajstić information content (AvgIpc) is 2.29. The predicted octanol–water partition coefficient (Wildman–Crippen LogP) is -0.477. The van der Waals surface area contributed by atoms with Gasteiger partial charge in [0.25, 0.3) is 11.9 Å². The molecule has 20 heavy (non-hydrogen) atoms. The summed E-state index contributed by atoms with van der Waals surface area (Å²) in [7, 11) is 0. The minimum absolute atomic E-state index is 0.275. The molecule has 0 aliphatic heterocycles. The molecule has 0 saturated carbocycles. The Bertz CT molecular complexity index is 533. The standard InChI is InChI=1S/C8H10N8O4/c9-7(13-15(17)18)11-5-3-1-2-4-6(5)12-8(10)14-16(19)20/h1-4H,(H3,9,11,13)(H3,10,12,14). The summed E-state index contributed by atoms with van der Waals surface area (Å²) in [6.45, 7) is 0. The number of nitrogens with zero attached hydrogens (tertiary/aromatic N) is 4. The number of guanidine groups is 2. The van der Waals surface area contributed by atoms with E-state index in [-0.39, 0.29) is 11.4 Å². The summed E-state index contributed by atoms with van der Waals surface area (Å²) >= 11 is 0. The molecule has 0 heterocycles. The van der Waals surface area contributed by atoms with Gasteiger partial charge in [-0.2, -0.15) is 0 Å². The predicted molar refractivity (Wildman–Crippen MR) is 70.9 cm³/mol. The highest BCUT2D eigenvalue weighted by Crippen LogP contribution is 2.20. The van der Waals surface area contributed by atoms with E-state index in [0.717, 1.165) is 0 Å². The van der Waals surface area contributed by atoms with E-state index in [9.17, 15) is 20.2 Å². The topological polar surface area (TPSA) is 187 Å². The quantitative estimate of drug-likeness (QED) is 0.246. The van der Waals surface area contributed by atoms with E-state index in [4.69, 9.17) is 11.5 Å². The first-order valence-corrected chi connectivity index (χ1v) is 4.98. The van der Waals surface area contributed by atoms with Gasteiger partial charge in [0, 0.05) is 0 Å². The summed E-state index contributed by atoms with van der Waals surface area (Å²) in [4.78, 5) is 20.3. The van der Waals surface area contributed by atoms with Crippen molar-refractivity contribution in [1.82, 2.24) is 0 Å². The van der Waals surface area contributed by atoms with Gasteiger partial charge in [-0.25, -0.2) is 20.2 Å². The van der Waals surface area contributed by atoms with Crippen LogP contribution in [0.4, 0.5) is 11.4 Å². The van der Waals surface area contributed by atoms with Gasteiger partial charge < -0.3 is 22.1 Å². The lowest BCUT2D eigenvalue weighted by Crippen LogP contribution is -2.27. The summed E-state index contributed by atoms with van der Waals surface area (Å²) < 4.78 is 0. The summed E-state index contributed by atoms with van der Waals surface area (Å²) in [6.07, 6.45) is 0. The maximum atomic E-state index is 10.2. The Morgan fingerprint density at radius 1 is 0.950 bits per heavy atom. The normalized spacial score (nSPS) is 11.8. The van der Waals surface area contributed by atoms with Crippen molar-refractivity contribution in [3.63, 3.8) is 0 Å². The SMILES string of the molecule is NC(=N[N+](=O)[O-])Nc1ccccc1NC(N)=N[N+](=O)[O-]. The van der Waals surface area contributed by atoms with E-state index in [1.165, 1.54) is 12.1 Å². The third kappa shape index (κ3) is 4.82. The molecular formula is C8H10N8O4. The molecule has 0 saturated heterocycles. The number of nitrogens with two attached hydrogens (primary N) is 2. The summed E-state index contributed by atoms with van der Waals surface area (Å²) in [5.74, 6) is -0.928. The van der Waals surface area contributed by atoms with Gasteiger partial charge in [0.05, 0.1) is 11.4 Å². The maximum Gasteiger partial charge on any atom is 0.270 e. The Morgan fingerprint density at radius 3 is 1.60 bits per heavy atom. The van der Waals surface area contributed by atoms with Gasteiger partial charge in [-0.05, 0) is 12.1 Å². The smallest absolute Gasteiger partial charge is 0.270 e. The molecule has 0 aliphatic rings. The van der Waals surface area contributed by atoms with Crippen LogP contribution in [0.25, 0.3) is 0 Å². The molecule has 0 bridgehead atoms. The average molecular weight is 282 g/mol. The lowest BCUT2D eigenvalue weighted by molar-refractivity contribution is -0.485. The number of anilines is 2. The van der Waals surface area contributed by atoms with Crippen LogP contribution in [-0.4, -0.2) is 22.0 Å². The largest absolute Gasteiger partial charge is 0.364 e. The van der Waals surface area contributed by atoms with Crippen molar-refractivity contribution in [3.8, 4) is 0 Å². The van der Waals surface area contributed by atoms with Crippen molar-refractivity contribution in [3.05, 3.63) is 44.5 Å². The molecule has 0 unspecified atom stereocenters. The summed E-state index contributed by atoms with van der Waals surface area (Å²) in [5, 5.41) is 28.9. The second kappa shape index (κ2) is 6.48. The number of nitrogens with one attached hydrogen (secondary N) is 2. The molecule has 6 N–H and O–H groups in total. The van der Waals surface area contributed by atoms with Crippen molar-refractivity contribution < 1.29 is 10.1 Å². The molecule has 1 rings (SSSR count). The van der Waals surface area contributed by atoms with Crippen molar-refractivity contribution in [2.45, 2.75) is 0 Å². The zero-order chi connectivity index (χ0) is 15.1. The third-order valence-electron chi connectivity index (χ3n) is 1.83. The summed E-state index contributed by atoms with van der Waals surface area (Å²) in [5.41, 5.74) is 11.1. The second-order valence-electron chi connectivity index (χ2n) is 3.24. The van der Waals surface area contributed by atoms with Crippen LogP contribution in [0.15, 0.2) is 34.5 Å². The molecule has 106 valence electrons. The zero-order valence-corrected chi connectivity index (χ0v) is 9.89. The number of benzene rings is 1. The molecule has 1 aromatic rings. The fourth-order valence-corrected chi connectivity index (χ4v) is 1.20. The minimum Gasteiger partial charge on any atom is -0.364 e. The van der Waals surface area contributed by atoms with Crippen LogP contribution in [0.3, 0.4) is 0 Å². The second-order valence-corrected chi connectivity index (χ2v) is 3.24. The monoisotopic (exact) mass is 282 g/mol. The van der Waals surface area contributed by atoms with Crippen LogP contribution in [0.5, 0.6) is 0 Å². The van der Waals surface area contributed by atoms with Crippen molar-refractivity contribution in [2.24, 2.45) is 21.7 Å². The van der Waals surface area contributed by atoms with Gasteiger partial charge >= 0.3 is 0 Å². The van der Waals surface area contributed by atoms with Crippen LogP contribution < -0.4 is 22.1 Å². The van der Waals surface area contributed by atoms with Gasteiger partial charge in [0.1, 0.15) is 10.2 Å². The molecule has 0 radical (unpaired) electrons. The molecule has 0 fully saturated rings. The molecule has 12 heteroatoms. The number of para-hydroxylation sites is 2. The highest BCUT2D eigenvalue weighted by Gasteiger charge is 2.07. The summed E-state index contributed by atoms with van der Waals surface area (Å²) in [6, 6.07) is 6.22. The fraction of sp³-hybridized carbons (Fsp3) is 0. The number of hydrazone groups is 2. The van der Waals surface area contributed by atoms with Gasteiger partial charge in [0.2, 0.25) is 0 Å². The van der Waals surface area contributed by atoms with E-state index in [2.05, 4.69) is 20.8 Å². The van der Waals surface area contributed by atoms with Gasteiger partial charge in [-0.1, -0.05) is 12.1 Å². The Hall–Kier alpha value is -3.44. The Labute approximate surface area is 111 Å². The zero-order valence-electron chi connectivity index (χ0n) is 9.89. The lowest BCUT2D eigenvalue weighted by atomic mass is 10.2. The van der Waals surface area contributed by atoms with E-state index < -0.39 is 22.0 Å². The van der Waals surface area contributed by atoms with E-state index in [1.807, 2.05) is 0 Å². The number of hydrogen-bond donors (Lipinski definition) is 4. The Kier molecular flexibility index (Phi) is 4.74. The third-order valence-corrected chi connectivity index (χ3v) is 1.83. The van der Waals surface area contributed by atoms with Crippen molar-refractivity contribution >= 4 is 23.3 Å². The molecule has 0 atom stereocenters. The van der Waals surface area contributed by atoms with Crippen LogP contribution >= 0.6 is 0 Å². The first kappa shape index (κ1) is 14.6. The fourth-order valence-electron chi connectivity index (χ4n) is 1.20. The molecule has 0 amide bonds. The maximum absolute atomic E-state index is 10.2. The number of rotatable bonds is 4. The van der Waals surface area contributed by atoms with Crippen LogP contribution in [0.2, 0.25) is 0 Å². The Morgan fingerprint density at radius 2 is 1.30 bits per heavy atom. The molecule has 0 aliphatic carbocycles. The molecule has 1 aromatic carbocycles. The number of nitro groups is 2. The molecule has 0 aromatic heterocycles. The lowest BCUT2D eigenvalue weighted by Gasteiger charge is -2.10. The van der Waals surface area contributed by atoms with Gasteiger partial charge in [0.15, 0.2) is 10.1 Å². The Balaban J connectivity index is 2.94. The van der Waals surface area contributed by atoms with E-state index in [0.29, 0.717) is 0 Å².